The van der Waals surface area contributed by atoms with Gasteiger partial charge in [0.2, 0.25) is 0 Å². The van der Waals surface area contributed by atoms with Gasteiger partial charge < -0.3 is 14.8 Å². The van der Waals surface area contributed by atoms with E-state index in [9.17, 15) is 14.4 Å². The van der Waals surface area contributed by atoms with Crippen LogP contribution < -0.4 is 20.2 Å². The molecule has 3 aromatic carbocycles. The number of amides is 2. The monoisotopic (exact) mass is 473 g/mol. The predicted molar refractivity (Wildman–Crippen MR) is 134 cm³/mol. The molecule has 0 saturated carbocycles. The van der Waals surface area contributed by atoms with Crippen LogP contribution in [0.5, 0.6) is 11.5 Å². The number of methoxy groups -OCH3 is 1. The summed E-state index contributed by atoms with van der Waals surface area (Å²) in [5.41, 5.74) is 6.99. The summed E-state index contributed by atoms with van der Waals surface area (Å²) < 4.78 is 10.9. The van der Waals surface area contributed by atoms with Crippen molar-refractivity contribution in [2.45, 2.75) is 27.7 Å². The number of hydrogen-bond acceptors (Lipinski definition) is 6. The number of anilines is 1. The summed E-state index contributed by atoms with van der Waals surface area (Å²) in [6.45, 7) is 7.28. The molecular weight excluding hydrogens is 446 g/mol. The molecule has 2 amide bonds. The summed E-state index contributed by atoms with van der Waals surface area (Å²) in [7, 11) is 1.45. The number of hydrazone groups is 1. The lowest BCUT2D eigenvalue weighted by Crippen LogP contribution is -2.33. The van der Waals surface area contributed by atoms with Crippen molar-refractivity contribution in [1.82, 2.24) is 5.43 Å². The Hall–Kier alpha value is -4.46. The normalized spacial score (nSPS) is 10.9. The topological polar surface area (TPSA) is 106 Å². The molecule has 0 aliphatic heterocycles. The lowest BCUT2D eigenvalue weighted by molar-refractivity contribution is -0.136. The van der Waals surface area contributed by atoms with E-state index >= 15 is 0 Å². The summed E-state index contributed by atoms with van der Waals surface area (Å²) in [6.07, 6.45) is 0. The third kappa shape index (κ3) is 6.32. The van der Waals surface area contributed by atoms with Crippen LogP contribution in [-0.4, -0.2) is 30.6 Å². The van der Waals surface area contributed by atoms with Crippen LogP contribution in [0.2, 0.25) is 0 Å². The number of carbonyl (C=O) groups is 3. The second-order valence-electron chi connectivity index (χ2n) is 7.98. The van der Waals surface area contributed by atoms with Crippen molar-refractivity contribution >= 4 is 29.2 Å². The van der Waals surface area contributed by atoms with Crippen molar-refractivity contribution in [1.29, 1.82) is 0 Å². The molecule has 0 saturated heterocycles. The standard InChI is InChI=1S/C27H27N3O5/c1-16-10-12-22(18(3)14-16)28-25(31)26(32)30-29-19(4)20-11-13-23(24(15-20)34-5)35-27(33)21-9-7-6-8-17(21)2/h6-15H,1-5H3,(H,28,31)(H,30,32). The highest BCUT2D eigenvalue weighted by Crippen LogP contribution is 2.29. The van der Waals surface area contributed by atoms with E-state index in [1.54, 1.807) is 43.3 Å². The average molecular weight is 474 g/mol. The van der Waals surface area contributed by atoms with E-state index in [1.807, 2.05) is 45.0 Å². The molecule has 180 valence electrons. The summed E-state index contributed by atoms with van der Waals surface area (Å²) >= 11 is 0. The molecule has 0 unspecified atom stereocenters. The third-order valence-electron chi connectivity index (χ3n) is 5.31. The van der Waals surface area contributed by atoms with E-state index in [0.717, 1.165) is 16.7 Å². The van der Waals surface area contributed by atoms with Gasteiger partial charge in [-0.05, 0) is 69.2 Å². The van der Waals surface area contributed by atoms with Crippen molar-refractivity contribution in [2.24, 2.45) is 5.10 Å². The molecule has 8 nitrogen and oxygen atoms in total. The first-order valence-electron chi connectivity index (χ1n) is 10.9. The molecule has 2 N–H and O–H groups in total. The van der Waals surface area contributed by atoms with Gasteiger partial charge in [-0.25, -0.2) is 10.2 Å². The molecule has 0 spiro atoms. The Balaban J connectivity index is 1.68. The number of nitrogens with one attached hydrogen (secondary N) is 2. The fraction of sp³-hybridized carbons (Fsp3) is 0.185. The van der Waals surface area contributed by atoms with Crippen LogP contribution in [-0.2, 0) is 9.59 Å². The number of nitrogens with zero attached hydrogens (tertiary/aromatic N) is 1. The minimum Gasteiger partial charge on any atom is -0.493 e. The fourth-order valence-electron chi connectivity index (χ4n) is 3.32. The van der Waals surface area contributed by atoms with Crippen LogP contribution >= 0.6 is 0 Å². The van der Waals surface area contributed by atoms with Crippen molar-refractivity contribution < 1.29 is 23.9 Å². The molecule has 0 atom stereocenters. The summed E-state index contributed by atoms with van der Waals surface area (Å²) in [4.78, 5) is 37.0. The van der Waals surface area contributed by atoms with Gasteiger partial charge in [0.15, 0.2) is 11.5 Å². The number of hydrogen-bond donors (Lipinski definition) is 2. The summed E-state index contributed by atoms with van der Waals surface area (Å²) in [6, 6.07) is 17.5. The van der Waals surface area contributed by atoms with Crippen LogP contribution in [0.25, 0.3) is 0 Å². The zero-order valence-electron chi connectivity index (χ0n) is 20.3. The Labute approximate surface area is 204 Å². The molecule has 0 radical (unpaired) electrons. The Morgan fingerprint density at radius 1 is 0.829 bits per heavy atom. The third-order valence-corrected chi connectivity index (χ3v) is 5.31. The van der Waals surface area contributed by atoms with Gasteiger partial charge in [-0.1, -0.05) is 35.9 Å². The highest BCUT2D eigenvalue weighted by molar-refractivity contribution is 6.39. The zero-order valence-corrected chi connectivity index (χ0v) is 20.3. The number of ether oxygens (including phenoxy) is 2. The van der Waals surface area contributed by atoms with Crippen LogP contribution in [0.3, 0.4) is 0 Å². The maximum Gasteiger partial charge on any atom is 0.343 e. The maximum absolute atomic E-state index is 12.5. The molecule has 0 bridgehead atoms. The summed E-state index contributed by atoms with van der Waals surface area (Å²) in [5, 5.41) is 6.59. The number of aryl methyl sites for hydroxylation is 3. The van der Waals surface area contributed by atoms with Gasteiger partial charge in [0.05, 0.1) is 18.4 Å². The van der Waals surface area contributed by atoms with Crippen molar-refractivity contribution in [2.75, 3.05) is 12.4 Å². The second kappa shape index (κ2) is 11.1. The maximum atomic E-state index is 12.5. The van der Waals surface area contributed by atoms with Crippen LogP contribution in [0.15, 0.2) is 65.8 Å². The molecule has 3 aromatic rings. The smallest absolute Gasteiger partial charge is 0.343 e. The minimum absolute atomic E-state index is 0.245. The Morgan fingerprint density at radius 2 is 1.57 bits per heavy atom. The molecule has 3 rings (SSSR count). The highest BCUT2D eigenvalue weighted by Gasteiger charge is 2.17. The Bertz CT molecular complexity index is 1310. The molecule has 35 heavy (non-hydrogen) atoms. The fourth-order valence-corrected chi connectivity index (χ4v) is 3.32. The lowest BCUT2D eigenvalue weighted by atomic mass is 10.1. The first-order valence-corrected chi connectivity index (χ1v) is 10.9. The van der Waals surface area contributed by atoms with Crippen molar-refractivity contribution in [3.05, 3.63) is 88.5 Å². The predicted octanol–water partition coefficient (Wildman–Crippen LogP) is 4.32. The highest BCUT2D eigenvalue weighted by atomic mass is 16.6. The lowest BCUT2D eigenvalue weighted by Gasteiger charge is -2.12. The van der Waals surface area contributed by atoms with Gasteiger partial charge in [-0.3, -0.25) is 9.59 Å². The SMILES string of the molecule is COc1cc(C(C)=NNC(=O)C(=O)Nc2ccc(C)cc2C)ccc1OC(=O)c1ccccc1C. The second-order valence-corrected chi connectivity index (χ2v) is 7.98. The molecule has 0 aliphatic rings. The number of carbonyl (C=O) groups excluding carboxylic acids is 3. The molecule has 0 aliphatic carbocycles. The largest absolute Gasteiger partial charge is 0.493 e. The summed E-state index contributed by atoms with van der Waals surface area (Å²) in [5.74, 6) is -1.67. The van der Waals surface area contributed by atoms with E-state index < -0.39 is 17.8 Å². The van der Waals surface area contributed by atoms with E-state index in [-0.39, 0.29) is 5.75 Å². The van der Waals surface area contributed by atoms with Crippen LogP contribution in [0, 0.1) is 20.8 Å². The molecular formula is C27H27N3O5. The van der Waals surface area contributed by atoms with Crippen LogP contribution in [0.4, 0.5) is 5.69 Å². The molecule has 0 heterocycles. The van der Waals surface area contributed by atoms with Gasteiger partial charge in [0.25, 0.3) is 0 Å². The molecule has 0 aromatic heterocycles. The van der Waals surface area contributed by atoms with Crippen molar-refractivity contribution in [3.8, 4) is 11.5 Å². The molecule has 0 fully saturated rings. The number of rotatable bonds is 6. The Morgan fingerprint density at radius 3 is 2.26 bits per heavy atom. The van der Waals surface area contributed by atoms with Crippen LogP contribution in [0.1, 0.15) is 39.5 Å². The molecule has 8 heteroatoms. The van der Waals surface area contributed by atoms with Gasteiger partial charge in [-0.2, -0.15) is 5.10 Å². The number of esters is 1. The Kier molecular flexibility index (Phi) is 7.99. The van der Waals surface area contributed by atoms with E-state index in [2.05, 4.69) is 15.8 Å². The average Bonchev–Trinajstić information content (AvgIpc) is 2.84. The van der Waals surface area contributed by atoms with E-state index in [1.165, 1.54) is 7.11 Å². The van der Waals surface area contributed by atoms with E-state index in [4.69, 9.17) is 9.47 Å². The van der Waals surface area contributed by atoms with E-state index in [0.29, 0.717) is 28.3 Å². The van der Waals surface area contributed by atoms with Gasteiger partial charge in [-0.15, -0.1) is 0 Å². The first kappa shape index (κ1) is 25.2. The van der Waals surface area contributed by atoms with Crippen molar-refractivity contribution in [3.63, 3.8) is 0 Å². The van der Waals surface area contributed by atoms with Gasteiger partial charge in [0.1, 0.15) is 0 Å². The zero-order chi connectivity index (χ0) is 25.5. The quantitative estimate of drug-likeness (QED) is 0.182. The minimum atomic E-state index is -0.903. The number of benzene rings is 3. The first-order chi connectivity index (χ1) is 16.7. The van der Waals surface area contributed by atoms with Gasteiger partial charge >= 0.3 is 17.8 Å². The van der Waals surface area contributed by atoms with Gasteiger partial charge in [0, 0.05) is 11.3 Å².